The van der Waals surface area contributed by atoms with Crippen LogP contribution in [0.15, 0.2) is 51.0 Å². The lowest BCUT2D eigenvalue weighted by Crippen LogP contribution is -2.35. The van der Waals surface area contributed by atoms with E-state index in [1.165, 1.54) is 6.08 Å². The van der Waals surface area contributed by atoms with E-state index in [1.807, 2.05) is 19.9 Å². The molecule has 1 N–H and O–H groups in total. The summed E-state index contributed by atoms with van der Waals surface area (Å²) in [5.74, 6) is 0.125. The Bertz CT molecular complexity index is 1160. The van der Waals surface area contributed by atoms with Crippen molar-refractivity contribution in [2.45, 2.75) is 32.7 Å². The molecular formula is C21H23NO6S. The molecule has 2 heterocycles. The van der Waals surface area contributed by atoms with Crippen LogP contribution in [-0.2, 0) is 21.1 Å². The normalized spacial score (nSPS) is 17.4. The van der Waals surface area contributed by atoms with Crippen molar-refractivity contribution in [3.05, 3.63) is 63.4 Å². The highest BCUT2D eigenvalue weighted by Crippen LogP contribution is 2.25. The molecular weight excluding hydrogens is 394 g/mol. The van der Waals surface area contributed by atoms with E-state index >= 15 is 0 Å². The second-order valence-corrected chi connectivity index (χ2v) is 9.16. The number of rotatable bonds is 7. The van der Waals surface area contributed by atoms with Gasteiger partial charge in [-0.3, -0.25) is 4.79 Å². The predicted molar refractivity (Wildman–Crippen MR) is 111 cm³/mol. The molecule has 0 saturated carbocycles. The van der Waals surface area contributed by atoms with Crippen LogP contribution in [0.2, 0.25) is 0 Å². The van der Waals surface area contributed by atoms with Gasteiger partial charge in [-0.05, 0) is 49.6 Å². The van der Waals surface area contributed by atoms with Gasteiger partial charge in [0.2, 0.25) is 5.91 Å². The zero-order chi connectivity index (χ0) is 21.2. The Labute approximate surface area is 169 Å². The van der Waals surface area contributed by atoms with Crippen LogP contribution >= 0.6 is 0 Å². The van der Waals surface area contributed by atoms with Crippen molar-refractivity contribution in [3.63, 3.8) is 0 Å². The van der Waals surface area contributed by atoms with Crippen LogP contribution in [-0.4, -0.2) is 32.7 Å². The Morgan fingerprint density at radius 2 is 2.14 bits per heavy atom. The van der Waals surface area contributed by atoms with Crippen molar-refractivity contribution in [1.82, 2.24) is 5.32 Å². The molecule has 0 saturated heterocycles. The number of sulfone groups is 1. The summed E-state index contributed by atoms with van der Waals surface area (Å²) in [7, 11) is -3.23. The van der Waals surface area contributed by atoms with E-state index in [1.54, 1.807) is 12.1 Å². The van der Waals surface area contributed by atoms with E-state index in [-0.39, 0.29) is 24.5 Å². The smallest absolute Gasteiger partial charge is 0.339 e. The minimum Gasteiger partial charge on any atom is -0.489 e. The fraction of sp³-hybridized carbons (Fsp3) is 0.333. The maximum Gasteiger partial charge on any atom is 0.339 e. The first-order valence-electron chi connectivity index (χ1n) is 9.18. The van der Waals surface area contributed by atoms with Crippen LogP contribution in [0.3, 0.4) is 0 Å². The summed E-state index contributed by atoms with van der Waals surface area (Å²) < 4.78 is 33.8. The van der Waals surface area contributed by atoms with Gasteiger partial charge in [-0.1, -0.05) is 6.58 Å². The van der Waals surface area contributed by atoms with Crippen LogP contribution in [0, 0.1) is 6.92 Å². The largest absolute Gasteiger partial charge is 0.489 e. The fourth-order valence-corrected chi connectivity index (χ4v) is 4.38. The summed E-state index contributed by atoms with van der Waals surface area (Å²) >= 11 is 0. The van der Waals surface area contributed by atoms with E-state index in [2.05, 4.69) is 11.9 Å². The molecule has 0 radical (unpaired) electrons. The van der Waals surface area contributed by atoms with Crippen LogP contribution in [0.1, 0.15) is 24.5 Å². The molecule has 29 heavy (non-hydrogen) atoms. The van der Waals surface area contributed by atoms with E-state index in [0.717, 1.165) is 21.9 Å². The monoisotopic (exact) mass is 417 g/mol. The lowest BCUT2D eigenvalue weighted by atomic mass is 10.0. The molecule has 0 unspecified atom stereocenters. The van der Waals surface area contributed by atoms with E-state index in [0.29, 0.717) is 23.5 Å². The Hall–Kier alpha value is -2.87. The summed E-state index contributed by atoms with van der Waals surface area (Å²) in [6, 6.07) is 4.75. The molecule has 1 aliphatic rings. The molecule has 1 amide bonds. The average Bonchev–Trinajstić information content (AvgIpc) is 2.97. The Morgan fingerprint density at radius 3 is 2.79 bits per heavy atom. The first kappa shape index (κ1) is 20.9. The maximum absolute atomic E-state index is 12.4. The van der Waals surface area contributed by atoms with Crippen LogP contribution in [0.5, 0.6) is 5.75 Å². The van der Waals surface area contributed by atoms with Gasteiger partial charge in [-0.2, -0.15) is 0 Å². The number of hydrogen-bond acceptors (Lipinski definition) is 6. The molecule has 2 aromatic rings. The first-order valence-corrected chi connectivity index (χ1v) is 10.9. The number of nitrogens with one attached hydrogen (secondary N) is 1. The number of carbonyl (C=O) groups excluding carboxylic acids is 1. The highest BCUT2D eigenvalue weighted by molar-refractivity contribution is 7.94. The summed E-state index contributed by atoms with van der Waals surface area (Å²) in [5, 5.41) is 4.53. The molecule has 3 rings (SSSR count). The van der Waals surface area contributed by atoms with Gasteiger partial charge in [0.25, 0.3) is 0 Å². The molecule has 0 aliphatic carbocycles. The highest BCUT2D eigenvalue weighted by Gasteiger charge is 2.23. The number of ether oxygens (including phenoxy) is 1. The third kappa shape index (κ3) is 5.14. The molecule has 0 spiro atoms. The molecule has 1 atom stereocenters. The van der Waals surface area contributed by atoms with Crippen molar-refractivity contribution in [2.75, 3.05) is 12.4 Å². The molecule has 8 heteroatoms. The molecule has 1 aromatic heterocycles. The second-order valence-electron chi connectivity index (χ2n) is 7.23. The maximum atomic E-state index is 12.4. The predicted octanol–water partition coefficient (Wildman–Crippen LogP) is 2.42. The van der Waals surface area contributed by atoms with Gasteiger partial charge in [-0.15, -0.1) is 0 Å². The van der Waals surface area contributed by atoms with Crippen molar-refractivity contribution in [2.24, 2.45) is 0 Å². The van der Waals surface area contributed by atoms with Gasteiger partial charge in [-0.25, -0.2) is 13.2 Å². The summed E-state index contributed by atoms with van der Waals surface area (Å²) in [6.45, 7) is 7.83. The van der Waals surface area contributed by atoms with E-state index in [4.69, 9.17) is 9.15 Å². The summed E-state index contributed by atoms with van der Waals surface area (Å²) in [4.78, 5) is 24.6. The first-order chi connectivity index (χ1) is 13.6. The van der Waals surface area contributed by atoms with Crippen LogP contribution in [0.4, 0.5) is 0 Å². The number of fused-ring (bicyclic) bond motifs is 1. The number of hydrogen-bond donors (Lipinski definition) is 1. The third-order valence-electron chi connectivity index (χ3n) is 4.62. The van der Waals surface area contributed by atoms with Gasteiger partial charge in [0.1, 0.15) is 17.9 Å². The fourth-order valence-electron chi connectivity index (χ4n) is 3.14. The standard InChI is InChI=1S/C21H23NO6S/c1-13(2)11-27-16-4-5-17-14(3)18(21(24)28-19(17)10-16)6-7-20(23)22-15-8-9-29(25,26)12-15/h4-5,8-10,15H,1,6-7,11-12H2,2-3H3,(H,22,23)/t15-/m1/s1. The van der Waals surface area contributed by atoms with Crippen molar-refractivity contribution < 1.29 is 22.4 Å². The second kappa shape index (κ2) is 8.24. The summed E-state index contributed by atoms with van der Waals surface area (Å²) in [5.41, 5.74) is 1.98. The lowest BCUT2D eigenvalue weighted by molar-refractivity contribution is -0.121. The minimum absolute atomic E-state index is 0.0568. The molecule has 0 fully saturated rings. The SMILES string of the molecule is C=C(C)COc1ccc2c(C)c(CCC(=O)N[C@@H]3C=CS(=O)(=O)C3)c(=O)oc2c1. The number of amides is 1. The van der Waals surface area contributed by atoms with E-state index < -0.39 is 21.5 Å². The van der Waals surface area contributed by atoms with Gasteiger partial charge >= 0.3 is 5.63 Å². The summed E-state index contributed by atoms with van der Waals surface area (Å²) in [6.07, 6.45) is 1.71. The third-order valence-corrected chi connectivity index (χ3v) is 6.02. The van der Waals surface area contributed by atoms with Gasteiger partial charge in [0, 0.05) is 28.8 Å². The van der Waals surface area contributed by atoms with Gasteiger partial charge < -0.3 is 14.5 Å². The van der Waals surface area contributed by atoms with Gasteiger partial charge in [0.05, 0.1) is 11.8 Å². The van der Waals surface area contributed by atoms with Crippen molar-refractivity contribution in [1.29, 1.82) is 0 Å². The number of benzene rings is 1. The Kier molecular flexibility index (Phi) is 5.93. The van der Waals surface area contributed by atoms with Gasteiger partial charge in [0.15, 0.2) is 9.84 Å². The molecule has 0 bridgehead atoms. The molecule has 1 aromatic carbocycles. The van der Waals surface area contributed by atoms with Crippen LogP contribution < -0.4 is 15.7 Å². The van der Waals surface area contributed by atoms with Crippen LogP contribution in [0.25, 0.3) is 11.0 Å². The Balaban J connectivity index is 1.71. The van der Waals surface area contributed by atoms with Crippen molar-refractivity contribution >= 4 is 26.7 Å². The molecule has 7 nitrogen and oxygen atoms in total. The quantitative estimate of drug-likeness (QED) is 0.548. The Morgan fingerprint density at radius 1 is 1.38 bits per heavy atom. The zero-order valence-corrected chi connectivity index (χ0v) is 17.2. The van der Waals surface area contributed by atoms with E-state index in [9.17, 15) is 18.0 Å². The van der Waals surface area contributed by atoms with Crippen molar-refractivity contribution in [3.8, 4) is 5.75 Å². The number of carbonyl (C=O) groups is 1. The zero-order valence-electron chi connectivity index (χ0n) is 16.4. The molecule has 154 valence electrons. The average molecular weight is 417 g/mol. The minimum atomic E-state index is -3.23. The highest BCUT2D eigenvalue weighted by atomic mass is 32.2. The topological polar surface area (TPSA) is 103 Å². The lowest BCUT2D eigenvalue weighted by Gasteiger charge is -2.12. The number of aryl methyl sites for hydroxylation is 1. The molecule has 1 aliphatic heterocycles.